The third-order valence-corrected chi connectivity index (χ3v) is 3.42. The highest BCUT2D eigenvalue weighted by molar-refractivity contribution is 7.99. The van der Waals surface area contributed by atoms with Crippen molar-refractivity contribution in [2.75, 3.05) is 19.1 Å². The van der Waals surface area contributed by atoms with Crippen LogP contribution < -0.4 is 0 Å². The van der Waals surface area contributed by atoms with Gasteiger partial charge in [0.25, 0.3) is 0 Å². The van der Waals surface area contributed by atoms with Gasteiger partial charge in [0.1, 0.15) is 0 Å². The van der Waals surface area contributed by atoms with E-state index < -0.39 is 0 Å². The minimum atomic E-state index is 0.228. The lowest BCUT2D eigenvalue weighted by atomic mass is 10.2. The van der Waals surface area contributed by atoms with E-state index in [4.69, 9.17) is 5.11 Å². The normalized spacial score (nSPS) is 10.4. The molecular weight excluding hydrogens is 200 g/mol. The number of hydrogen-bond acceptors (Lipinski definition) is 3. The third-order valence-electron chi connectivity index (χ3n) is 1.88. The van der Waals surface area contributed by atoms with E-state index >= 15 is 0 Å². The summed E-state index contributed by atoms with van der Waals surface area (Å²) in [5.41, 5.74) is 1.24. The second-order valence-electron chi connectivity index (χ2n) is 2.65. The van der Waals surface area contributed by atoms with Crippen LogP contribution in [0.4, 0.5) is 0 Å². The fourth-order valence-corrected chi connectivity index (χ4v) is 2.37. The number of benzene rings is 1. The van der Waals surface area contributed by atoms with Crippen LogP contribution in [-0.2, 0) is 6.42 Å². The van der Waals surface area contributed by atoms with Crippen molar-refractivity contribution in [1.82, 2.24) is 0 Å². The molecule has 0 fully saturated rings. The van der Waals surface area contributed by atoms with Crippen molar-refractivity contribution in [3.05, 3.63) is 23.8 Å². The average molecular weight is 214 g/mol. The van der Waals surface area contributed by atoms with Gasteiger partial charge in [-0.25, -0.2) is 0 Å². The van der Waals surface area contributed by atoms with Gasteiger partial charge in [-0.1, -0.05) is 6.07 Å². The van der Waals surface area contributed by atoms with Crippen molar-refractivity contribution in [1.29, 1.82) is 0 Å². The zero-order valence-electron chi connectivity index (χ0n) is 7.91. The Bertz CT molecular complexity index is 274. The van der Waals surface area contributed by atoms with Gasteiger partial charge >= 0.3 is 0 Å². The monoisotopic (exact) mass is 214 g/mol. The van der Waals surface area contributed by atoms with Crippen molar-refractivity contribution < 1.29 is 5.11 Å². The summed E-state index contributed by atoms with van der Waals surface area (Å²) in [5, 5.41) is 8.85. The summed E-state index contributed by atoms with van der Waals surface area (Å²) in [6.07, 6.45) is 4.90. The van der Waals surface area contributed by atoms with Crippen molar-refractivity contribution in [3.63, 3.8) is 0 Å². The van der Waals surface area contributed by atoms with Gasteiger partial charge in [0.2, 0.25) is 0 Å². The third kappa shape index (κ3) is 2.93. The van der Waals surface area contributed by atoms with Crippen LogP contribution in [0.1, 0.15) is 5.56 Å². The summed E-state index contributed by atoms with van der Waals surface area (Å²) in [6.45, 7) is 0.228. The average Bonchev–Trinajstić information content (AvgIpc) is 2.19. The van der Waals surface area contributed by atoms with E-state index in [-0.39, 0.29) is 6.61 Å². The summed E-state index contributed by atoms with van der Waals surface area (Å²) in [6, 6.07) is 6.39. The summed E-state index contributed by atoms with van der Waals surface area (Å²) in [4.78, 5) is 2.56. The first kappa shape index (κ1) is 11.0. The minimum Gasteiger partial charge on any atom is -0.396 e. The Morgan fingerprint density at radius 2 is 2.00 bits per heavy atom. The van der Waals surface area contributed by atoms with E-state index in [1.165, 1.54) is 15.4 Å². The van der Waals surface area contributed by atoms with Crippen LogP contribution in [0.25, 0.3) is 0 Å². The Morgan fingerprint density at radius 3 is 2.54 bits per heavy atom. The molecule has 0 aliphatic heterocycles. The zero-order valence-corrected chi connectivity index (χ0v) is 9.54. The molecule has 3 heteroatoms. The van der Waals surface area contributed by atoms with Crippen LogP contribution in [0.15, 0.2) is 28.0 Å². The van der Waals surface area contributed by atoms with Crippen LogP contribution in [0.2, 0.25) is 0 Å². The molecule has 13 heavy (non-hydrogen) atoms. The van der Waals surface area contributed by atoms with Gasteiger partial charge in [0.05, 0.1) is 0 Å². The molecule has 1 N–H and O–H groups in total. The van der Waals surface area contributed by atoms with Gasteiger partial charge < -0.3 is 5.11 Å². The van der Waals surface area contributed by atoms with E-state index in [0.29, 0.717) is 0 Å². The molecule has 0 spiro atoms. The maximum Gasteiger partial charge on any atom is 0.0471 e. The molecule has 1 nitrogen and oxygen atoms in total. The van der Waals surface area contributed by atoms with Crippen LogP contribution in [0.3, 0.4) is 0 Å². The molecule has 72 valence electrons. The molecule has 0 amide bonds. The number of aliphatic hydroxyl groups is 1. The van der Waals surface area contributed by atoms with Crippen molar-refractivity contribution >= 4 is 23.5 Å². The highest BCUT2D eigenvalue weighted by Crippen LogP contribution is 2.26. The summed E-state index contributed by atoms with van der Waals surface area (Å²) >= 11 is 3.49. The Morgan fingerprint density at radius 1 is 1.23 bits per heavy atom. The molecule has 0 aliphatic carbocycles. The van der Waals surface area contributed by atoms with Gasteiger partial charge in [-0.3, -0.25) is 0 Å². The topological polar surface area (TPSA) is 20.2 Å². The van der Waals surface area contributed by atoms with Gasteiger partial charge in [-0.2, -0.15) is 0 Å². The molecule has 0 saturated carbocycles. The molecule has 0 radical (unpaired) electrons. The lowest BCUT2D eigenvalue weighted by Gasteiger charge is -2.07. The Hall–Kier alpha value is -0.120. The summed E-state index contributed by atoms with van der Waals surface area (Å²) in [5.74, 6) is 0. The van der Waals surface area contributed by atoms with Gasteiger partial charge in [0, 0.05) is 16.4 Å². The first-order chi connectivity index (χ1) is 6.31. The molecule has 0 atom stereocenters. The largest absolute Gasteiger partial charge is 0.396 e. The fraction of sp³-hybridized carbons (Fsp3) is 0.400. The zero-order chi connectivity index (χ0) is 9.68. The molecule has 0 saturated heterocycles. The molecule has 0 aliphatic rings. The van der Waals surface area contributed by atoms with Gasteiger partial charge in [-0.05, 0) is 36.6 Å². The van der Waals surface area contributed by atoms with Crippen LogP contribution in [0, 0.1) is 0 Å². The van der Waals surface area contributed by atoms with Crippen LogP contribution in [0.5, 0.6) is 0 Å². The van der Waals surface area contributed by atoms with Gasteiger partial charge in [-0.15, -0.1) is 23.5 Å². The molecule has 0 heterocycles. The molecule has 1 rings (SSSR count). The maximum absolute atomic E-state index is 8.85. The Balaban J connectivity index is 2.93. The molecule has 0 bridgehead atoms. The number of aliphatic hydroxyl groups excluding tert-OH is 1. The smallest absolute Gasteiger partial charge is 0.0471 e. The highest BCUT2D eigenvalue weighted by atomic mass is 32.2. The van der Waals surface area contributed by atoms with E-state index in [1.807, 2.05) is 0 Å². The maximum atomic E-state index is 8.85. The first-order valence-corrected chi connectivity index (χ1v) is 6.58. The lowest BCUT2D eigenvalue weighted by molar-refractivity contribution is 0.299. The first-order valence-electron chi connectivity index (χ1n) is 4.13. The molecule has 1 aromatic carbocycles. The SMILES string of the molecule is CSc1ccc(CCO)c(SC)c1. The van der Waals surface area contributed by atoms with Crippen LogP contribution >= 0.6 is 23.5 Å². The minimum absolute atomic E-state index is 0.228. The quantitative estimate of drug-likeness (QED) is 0.778. The van der Waals surface area contributed by atoms with Crippen molar-refractivity contribution in [2.45, 2.75) is 16.2 Å². The summed E-state index contributed by atoms with van der Waals surface area (Å²) in [7, 11) is 0. The number of thioether (sulfide) groups is 2. The second kappa shape index (κ2) is 5.58. The Kier molecular flexibility index (Phi) is 4.70. The van der Waals surface area contributed by atoms with E-state index in [2.05, 4.69) is 30.7 Å². The number of rotatable bonds is 4. The molecule has 0 unspecified atom stereocenters. The van der Waals surface area contributed by atoms with E-state index in [1.54, 1.807) is 23.5 Å². The molecule has 1 aromatic rings. The van der Waals surface area contributed by atoms with Crippen molar-refractivity contribution in [3.8, 4) is 0 Å². The van der Waals surface area contributed by atoms with Crippen molar-refractivity contribution in [2.24, 2.45) is 0 Å². The van der Waals surface area contributed by atoms with Gasteiger partial charge in [0.15, 0.2) is 0 Å². The van der Waals surface area contributed by atoms with Crippen LogP contribution in [-0.4, -0.2) is 24.2 Å². The highest BCUT2D eigenvalue weighted by Gasteiger charge is 2.01. The number of hydrogen-bond donors (Lipinski definition) is 1. The fourth-order valence-electron chi connectivity index (χ4n) is 1.18. The van der Waals surface area contributed by atoms with E-state index in [0.717, 1.165) is 6.42 Å². The second-order valence-corrected chi connectivity index (χ2v) is 4.38. The lowest BCUT2D eigenvalue weighted by Crippen LogP contribution is -1.93. The predicted octanol–water partition coefficient (Wildman–Crippen LogP) is 2.67. The molecular formula is C10H14OS2. The summed E-state index contributed by atoms with van der Waals surface area (Å²) < 4.78 is 0. The predicted molar refractivity (Wildman–Crippen MR) is 60.8 cm³/mol. The standard InChI is InChI=1S/C10H14OS2/c1-12-9-4-3-8(5-6-11)10(7-9)13-2/h3-4,7,11H,5-6H2,1-2H3. The Labute approximate surface area is 87.9 Å². The van der Waals surface area contributed by atoms with E-state index in [9.17, 15) is 0 Å². The molecule has 0 aromatic heterocycles.